The second kappa shape index (κ2) is 10.1. The molecule has 4 nitrogen and oxygen atoms in total. The maximum Gasteiger partial charge on any atom is 0.251 e. The minimum absolute atomic E-state index is 0.194. The van der Waals surface area contributed by atoms with E-state index in [0.29, 0.717) is 31.3 Å². The second-order valence-corrected chi connectivity index (χ2v) is 6.91. The Labute approximate surface area is 160 Å². The average Bonchev–Trinajstić information content (AvgIpc) is 2.63. The molecule has 2 aromatic carbocycles. The third kappa shape index (κ3) is 6.36. The summed E-state index contributed by atoms with van der Waals surface area (Å²) in [6.45, 7) is 9.54. The molecule has 0 fully saturated rings. The van der Waals surface area contributed by atoms with Crippen molar-refractivity contribution >= 4 is 5.91 Å². The first-order chi connectivity index (χ1) is 12.9. The number of carbonyl (C=O) groups excluding carboxylic acids is 1. The van der Waals surface area contributed by atoms with Crippen molar-refractivity contribution in [2.24, 2.45) is 5.92 Å². The van der Waals surface area contributed by atoms with Crippen molar-refractivity contribution in [2.75, 3.05) is 13.2 Å². The summed E-state index contributed by atoms with van der Waals surface area (Å²) in [6.07, 6.45) is 0. The smallest absolute Gasteiger partial charge is 0.251 e. The lowest BCUT2D eigenvalue weighted by molar-refractivity contribution is 0.0928. The highest BCUT2D eigenvalue weighted by atomic mass is 19.1. The Balaban J connectivity index is 2.11. The van der Waals surface area contributed by atoms with Crippen molar-refractivity contribution in [3.8, 4) is 5.75 Å². The highest BCUT2D eigenvalue weighted by molar-refractivity contribution is 5.94. The second-order valence-electron chi connectivity index (χ2n) is 6.91. The molecule has 0 radical (unpaired) electrons. The Morgan fingerprint density at radius 2 is 1.81 bits per heavy atom. The van der Waals surface area contributed by atoms with E-state index in [1.807, 2.05) is 13.8 Å². The summed E-state index contributed by atoms with van der Waals surface area (Å²) < 4.78 is 24.4. The quantitative estimate of drug-likeness (QED) is 0.681. The molecule has 0 bridgehead atoms. The maximum atomic E-state index is 13.1. The van der Waals surface area contributed by atoms with Crippen LogP contribution in [0.15, 0.2) is 42.5 Å². The molecule has 2 rings (SSSR count). The van der Waals surface area contributed by atoms with Crippen LogP contribution in [0.3, 0.4) is 0 Å². The SMILES string of the molecule is CCOc1ccc(C(=O)N[C@H](C)c2ccc(F)cc2)cc1COCC(C)C. The zero-order valence-electron chi connectivity index (χ0n) is 16.4. The lowest BCUT2D eigenvalue weighted by atomic mass is 10.1. The Morgan fingerprint density at radius 1 is 1.11 bits per heavy atom. The van der Waals surface area contributed by atoms with E-state index in [2.05, 4.69) is 19.2 Å². The number of nitrogens with one attached hydrogen (secondary N) is 1. The van der Waals surface area contributed by atoms with Crippen molar-refractivity contribution in [1.82, 2.24) is 5.32 Å². The molecule has 2 aromatic rings. The predicted molar refractivity (Wildman–Crippen MR) is 104 cm³/mol. The summed E-state index contributed by atoms with van der Waals surface area (Å²) in [4.78, 5) is 12.6. The van der Waals surface area contributed by atoms with Gasteiger partial charge in [-0.15, -0.1) is 0 Å². The molecule has 0 heterocycles. The van der Waals surface area contributed by atoms with Gasteiger partial charge in [0.2, 0.25) is 0 Å². The molecular weight excluding hydrogens is 345 g/mol. The zero-order valence-corrected chi connectivity index (χ0v) is 16.4. The number of benzene rings is 2. The van der Waals surface area contributed by atoms with Crippen LogP contribution < -0.4 is 10.1 Å². The molecule has 27 heavy (non-hydrogen) atoms. The van der Waals surface area contributed by atoms with Crippen LogP contribution >= 0.6 is 0 Å². The molecular formula is C22H28FNO3. The van der Waals surface area contributed by atoms with Gasteiger partial charge in [-0.3, -0.25) is 4.79 Å². The summed E-state index contributed by atoms with van der Waals surface area (Å²) in [5.74, 6) is 0.669. The van der Waals surface area contributed by atoms with Crippen LogP contribution in [-0.2, 0) is 11.3 Å². The molecule has 0 saturated heterocycles. The van der Waals surface area contributed by atoms with Gasteiger partial charge in [0, 0.05) is 17.7 Å². The van der Waals surface area contributed by atoms with E-state index in [4.69, 9.17) is 9.47 Å². The number of rotatable bonds is 9. The fourth-order valence-corrected chi connectivity index (χ4v) is 2.65. The van der Waals surface area contributed by atoms with Gasteiger partial charge in [0.1, 0.15) is 11.6 Å². The van der Waals surface area contributed by atoms with Crippen molar-refractivity contribution in [3.05, 3.63) is 65.0 Å². The molecule has 0 spiro atoms. The van der Waals surface area contributed by atoms with E-state index >= 15 is 0 Å². The molecule has 5 heteroatoms. The fraction of sp³-hybridized carbons (Fsp3) is 0.409. The molecule has 1 amide bonds. The Morgan fingerprint density at radius 3 is 2.44 bits per heavy atom. The summed E-state index contributed by atoms with van der Waals surface area (Å²) >= 11 is 0. The molecule has 0 aliphatic rings. The lowest BCUT2D eigenvalue weighted by Gasteiger charge is -2.16. The number of hydrogen-bond acceptors (Lipinski definition) is 3. The van der Waals surface area contributed by atoms with Gasteiger partial charge >= 0.3 is 0 Å². The van der Waals surface area contributed by atoms with Crippen LogP contribution in [0.5, 0.6) is 5.75 Å². The topological polar surface area (TPSA) is 47.6 Å². The van der Waals surface area contributed by atoms with E-state index in [0.717, 1.165) is 16.9 Å². The fourth-order valence-electron chi connectivity index (χ4n) is 2.65. The number of ether oxygens (including phenoxy) is 2. The summed E-state index contributed by atoms with van der Waals surface area (Å²) in [5.41, 5.74) is 2.23. The zero-order chi connectivity index (χ0) is 19.8. The number of hydrogen-bond donors (Lipinski definition) is 1. The highest BCUT2D eigenvalue weighted by Crippen LogP contribution is 2.22. The van der Waals surface area contributed by atoms with Crippen LogP contribution in [-0.4, -0.2) is 19.1 Å². The summed E-state index contributed by atoms with van der Waals surface area (Å²) in [6, 6.07) is 11.2. The van der Waals surface area contributed by atoms with Crippen LogP contribution in [0.4, 0.5) is 4.39 Å². The van der Waals surface area contributed by atoms with Crippen LogP contribution in [0.1, 0.15) is 55.2 Å². The van der Waals surface area contributed by atoms with Crippen molar-refractivity contribution in [3.63, 3.8) is 0 Å². The first-order valence-corrected chi connectivity index (χ1v) is 9.30. The molecule has 0 aliphatic carbocycles. The van der Waals surface area contributed by atoms with E-state index in [1.54, 1.807) is 30.3 Å². The normalized spacial score (nSPS) is 12.1. The monoisotopic (exact) mass is 373 g/mol. The molecule has 146 valence electrons. The van der Waals surface area contributed by atoms with Gasteiger partial charge in [-0.25, -0.2) is 4.39 Å². The largest absolute Gasteiger partial charge is 0.494 e. The third-order valence-corrected chi connectivity index (χ3v) is 4.05. The molecule has 0 unspecified atom stereocenters. The molecule has 0 aliphatic heterocycles. The van der Waals surface area contributed by atoms with Crippen LogP contribution in [0.25, 0.3) is 0 Å². The maximum absolute atomic E-state index is 13.1. The average molecular weight is 373 g/mol. The summed E-state index contributed by atoms with van der Waals surface area (Å²) in [5, 5.41) is 2.94. The van der Waals surface area contributed by atoms with Gasteiger partial charge in [-0.2, -0.15) is 0 Å². The van der Waals surface area contributed by atoms with E-state index < -0.39 is 0 Å². The van der Waals surface area contributed by atoms with Crippen molar-refractivity contribution < 1.29 is 18.7 Å². The Hall–Kier alpha value is -2.40. The first kappa shape index (κ1) is 20.9. The Bertz CT molecular complexity index is 744. The third-order valence-electron chi connectivity index (χ3n) is 4.05. The summed E-state index contributed by atoms with van der Waals surface area (Å²) in [7, 11) is 0. The van der Waals surface area contributed by atoms with Gasteiger partial charge < -0.3 is 14.8 Å². The number of amides is 1. The standard InChI is InChI=1S/C22H28FNO3/c1-5-27-21-11-8-18(12-19(21)14-26-13-15(2)3)22(25)24-16(4)17-6-9-20(23)10-7-17/h6-12,15-16H,5,13-14H2,1-4H3,(H,24,25)/t16-/m1/s1. The predicted octanol–water partition coefficient (Wildman–Crippen LogP) is 4.89. The van der Waals surface area contributed by atoms with Gasteiger partial charge in [0.25, 0.3) is 5.91 Å². The molecule has 0 aromatic heterocycles. The van der Waals surface area contributed by atoms with E-state index in [-0.39, 0.29) is 17.8 Å². The van der Waals surface area contributed by atoms with Gasteiger partial charge in [0.15, 0.2) is 0 Å². The minimum Gasteiger partial charge on any atom is -0.494 e. The number of carbonyl (C=O) groups is 1. The number of halogens is 1. The van der Waals surface area contributed by atoms with Gasteiger partial charge in [0.05, 0.1) is 19.3 Å². The van der Waals surface area contributed by atoms with Crippen molar-refractivity contribution in [1.29, 1.82) is 0 Å². The van der Waals surface area contributed by atoms with E-state index in [1.165, 1.54) is 12.1 Å². The minimum atomic E-state index is -0.296. The van der Waals surface area contributed by atoms with Gasteiger partial charge in [-0.1, -0.05) is 26.0 Å². The first-order valence-electron chi connectivity index (χ1n) is 9.30. The molecule has 1 N–H and O–H groups in total. The highest BCUT2D eigenvalue weighted by Gasteiger charge is 2.14. The van der Waals surface area contributed by atoms with Crippen LogP contribution in [0.2, 0.25) is 0 Å². The molecule has 1 atom stereocenters. The van der Waals surface area contributed by atoms with Gasteiger partial charge in [-0.05, 0) is 55.7 Å². The van der Waals surface area contributed by atoms with Crippen molar-refractivity contribution in [2.45, 2.75) is 40.3 Å². The van der Waals surface area contributed by atoms with E-state index in [9.17, 15) is 9.18 Å². The molecule has 0 saturated carbocycles. The van der Waals surface area contributed by atoms with Crippen LogP contribution in [0, 0.1) is 11.7 Å². The lowest BCUT2D eigenvalue weighted by Crippen LogP contribution is -2.26. The Kier molecular flexibility index (Phi) is 7.80.